The molecular formula is C45H35N3. The molecule has 0 unspecified atom stereocenters. The van der Waals surface area contributed by atoms with Crippen molar-refractivity contribution in [2.45, 2.75) is 26.7 Å². The lowest BCUT2D eigenvalue weighted by atomic mass is 9.97. The molecule has 0 fully saturated rings. The van der Waals surface area contributed by atoms with Crippen molar-refractivity contribution in [3.8, 4) is 27.9 Å². The van der Waals surface area contributed by atoms with Gasteiger partial charge >= 0.3 is 0 Å². The van der Waals surface area contributed by atoms with Crippen molar-refractivity contribution >= 4 is 55.3 Å². The molecule has 3 heterocycles. The minimum atomic E-state index is 0.412. The molecule has 3 heteroatoms. The summed E-state index contributed by atoms with van der Waals surface area (Å²) in [5.41, 5.74) is 14.1. The van der Waals surface area contributed by atoms with Crippen LogP contribution in [0.4, 0.5) is 0 Å². The third-order valence-electron chi connectivity index (χ3n) is 9.77. The van der Waals surface area contributed by atoms with Gasteiger partial charge in [0.05, 0.1) is 22.1 Å². The summed E-state index contributed by atoms with van der Waals surface area (Å²) in [4.78, 5) is 5.16. The van der Waals surface area contributed by atoms with E-state index in [0.29, 0.717) is 5.92 Å². The number of allylic oxidation sites excluding steroid dienone is 1. The molecule has 0 radical (unpaired) electrons. The van der Waals surface area contributed by atoms with Crippen LogP contribution in [0, 0.1) is 0 Å². The van der Waals surface area contributed by atoms with Crippen molar-refractivity contribution in [1.29, 1.82) is 0 Å². The van der Waals surface area contributed by atoms with Gasteiger partial charge in [0.1, 0.15) is 5.65 Å². The lowest BCUT2D eigenvalue weighted by Gasteiger charge is -2.14. The van der Waals surface area contributed by atoms with Gasteiger partial charge in [0.2, 0.25) is 0 Å². The molecule has 3 aromatic heterocycles. The van der Waals surface area contributed by atoms with E-state index < -0.39 is 0 Å². The molecule has 6 aromatic carbocycles. The predicted molar refractivity (Wildman–Crippen MR) is 204 cm³/mol. The number of pyridine rings is 1. The summed E-state index contributed by atoms with van der Waals surface area (Å²) in [6, 6.07) is 50.6. The maximum atomic E-state index is 5.16. The zero-order chi connectivity index (χ0) is 32.4. The summed E-state index contributed by atoms with van der Waals surface area (Å²) >= 11 is 0. The summed E-state index contributed by atoms with van der Waals surface area (Å²) in [7, 11) is 0. The number of hydrogen-bond acceptors (Lipinski definition) is 1. The second-order valence-corrected chi connectivity index (χ2v) is 13.0. The van der Waals surface area contributed by atoms with Crippen molar-refractivity contribution in [1.82, 2.24) is 14.0 Å². The summed E-state index contributed by atoms with van der Waals surface area (Å²) in [5, 5.41) is 4.91. The van der Waals surface area contributed by atoms with Crippen LogP contribution < -0.4 is 0 Å². The van der Waals surface area contributed by atoms with E-state index in [1.165, 1.54) is 55.2 Å². The zero-order valence-electron chi connectivity index (χ0n) is 27.4. The topological polar surface area (TPSA) is 22.2 Å². The molecule has 9 rings (SSSR count). The van der Waals surface area contributed by atoms with Crippen LogP contribution in [0.2, 0.25) is 0 Å². The van der Waals surface area contributed by atoms with Gasteiger partial charge in [0, 0.05) is 27.5 Å². The van der Waals surface area contributed by atoms with Gasteiger partial charge in [-0.15, -0.1) is 0 Å². The maximum absolute atomic E-state index is 5.16. The molecule has 230 valence electrons. The monoisotopic (exact) mass is 617 g/mol. The second-order valence-electron chi connectivity index (χ2n) is 13.0. The average molecular weight is 618 g/mol. The smallest absolute Gasteiger partial charge is 0.146 e. The SMILES string of the molecule is C/C=C\c1c(C(C)C)c2ccccc2n1-c1ccc(-c2ccc3c4cc(-c5ccccc5)ccc4c4nc5ccccc5n4c3c2)cc1. The minimum Gasteiger partial charge on any atom is -0.310 e. The number of hydrogen-bond donors (Lipinski definition) is 0. The second kappa shape index (κ2) is 11.1. The molecule has 0 aliphatic rings. The number of aromatic nitrogens is 3. The Morgan fingerprint density at radius 2 is 1.19 bits per heavy atom. The van der Waals surface area contributed by atoms with E-state index in [1.807, 2.05) is 0 Å². The first kappa shape index (κ1) is 28.3. The van der Waals surface area contributed by atoms with Crippen molar-refractivity contribution in [2.24, 2.45) is 0 Å². The number of rotatable bonds is 5. The third-order valence-corrected chi connectivity index (χ3v) is 9.77. The maximum Gasteiger partial charge on any atom is 0.146 e. The number of benzene rings is 6. The Hall–Kier alpha value is -5.93. The predicted octanol–water partition coefficient (Wildman–Crippen LogP) is 12.2. The normalized spacial score (nSPS) is 12.2. The van der Waals surface area contributed by atoms with Gasteiger partial charge < -0.3 is 4.57 Å². The van der Waals surface area contributed by atoms with Crippen LogP contribution >= 0.6 is 0 Å². The molecule has 0 amide bonds. The Balaban J connectivity index is 1.24. The molecule has 48 heavy (non-hydrogen) atoms. The number of nitrogens with zero attached hydrogens (tertiary/aromatic N) is 3. The van der Waals surface area contributed by atoms with Crippen molar-refractivity contribution < 1.29 is 0 Å². The summed E-state index contributed by atoms with van der Waals surface area (Å²) in [6.07, 6.45) is 4.40. The van der Waals surface area contributed by atoms with E-state index >= 15 is 0 Å². The third kappa shape index (κ3) is 4.31. The highest BCUT2D eigenvalue weighted by Gasteiger charge is 2.19. The Labute approximate surface area is 280 Å². The Morgan fingerprint density at radius 1 is 0.542 bits per heavy atom. The Kier molecular flexibility index (Phi) is 6.55. The molecule has 0 bridgehead atoms. The Bertz CT molecular complexity index is 2690. The lowest BCUT2D eigenvalue weighted by Crippen LogP contribution is -1.99. The molecule has 0 spiro atoms. The molecule has 3 nitrogen and oxygen atoms in total. The molecule has 0 N–H and O–H groups in total. The highest BCUT2D eigenvalue weighted by molar-refractivity contribution is 6.15. The van der Waals surface area contributed by atoms with Crippen LogP contribution in [0.3, 0.4) is 0 Å². The first-order valence-electron chi connectivity index (χ1n) is 16.8. The van der Waals surface area contributed by atoms with Crippen LogP contribution in [-0.2, 0) is 0 Å². The number of imidazole rings is 1. The van der Waals surface area contributed by atoms with Gasteiger partial charge in [-0.1, -0.05) is 111 Å². The lowest BCUT2D eigenvalue weighted by molar-refractivity contribution is 0.865. The highest BCUT2D eigenvalue weighted by Crippen LogP contribution is 2.38. The zero-order valence-corrected chi connectivity index (χ0v) is 27.4. The van der Waals surface area contributed by atoms with Gasteiger partial charge in [-0.2, -0.15) is 0 Å². The van der Waals surface area contributed by atoms with E-state index in [4.69, 9.17) is 4.98 Å². The largest absolute Gasteiger partial charge is 0.310 e. The molecule has 0 aliphatic heterocycles. The van der Waals surface area contributed by atoms with E-state index in [1.54, 1.807) is 0 Å². The van der Waals surface area contributed by atoms with Gasteiger partial charge in [-0.25, -0.2) is 4.98 Å². The summed E-state index contributed by atoms with van der Waals surface area (Å²) in [6.45, 7) is 6.67. The average Bonchev–Trinajstić information content (AvgIpc) is 3.68. The van der Waals surface area contributed by atoms with Crippen LogP contribution in [0.15, 0.2) is 146 Å². The van der Waals surface area contributed by atoms with E-state index in [9.17, 15) is 0 Å². The standard InChI is InChI=1S/C45H35N3/c1-4-12-42-44(29(2)3)37-15-8-10-17-40(37)47(42)34-23-19-31(20-24-34)33-21-25-35-38-27-32(30-13-6-5-7-14-30)22-26-36(38)45-46-39-16-9-11-18-41(39)48(45)43(35)28-33/h4-29H,1-3H3/b12-4-. The van der Waals surface area contributed by atoms with E-state index in [0.717, 1.165) is 33.3 Å². The molecule has 0 saturated heterocycles. The molecular weight excluding hydrogens is 583 g/mol. The first-order chi connectivity index (χ1) is 23.6. The molecule has 0 atom stereocenters. The van der Waals surface area contributed by atoms with Crippen LogP contribution in [0.5, 0.6) is 0 Å². The van der Waals surface area contributed by atoms with Crippen molar-refractivity contribution in [2.75, 3.05) is 0 Å². The highest BCUT2D eigenvalue weighted by atomic mass is 15.0. The van der Waals surface area contributed by atoms with E-state index in [2.05, 4.69) is 181 Å². The molecule has 0 aliphatic carbocycles. The number of para-hydroxylation sites is 3. The van der Waals surface area contributed by atoms with Gasteiger partial charge in [0.25, 0.3) is 0 Å². The van der Waals surface area contributed by atoms with Crippen molar-refractivity contribution in [3.63, 3.8) is 0 Å². The van der Waals surface area contributed by atoms with E-state index in [-0.39, 0.29) is 0 Å². The number of fused-ring (bicyclic) bond motifs is 9. The fourth-order valence-electron chi connectivity index (χ4n) is 7.64. The fraction of sp³-hybridized carbons (Fsp3) is 0.0889. The summed E-state index contributed by atoms with van der Waals surface area (Å²) < 4.78 is 4.75. The van der Waals surface area contributed by atoms with Crippen LogP contribution in [-0.4, -0.2) is 14.0 Å². The van der Waals surface area contributed by atoms with Crippen molar-refractivity contribution in [3.05, 3.63) is 157 Å². The molecule has 9 aromatic rings. The molecule has 0 saturated carbocycles. The van der Waals surface area contributed by atoms with Gasteiger partial charge in [-0.05, 0) is 101 Å². The fourth-order valence-corrected chi connectivity index (χ4v) is 7.64. The van der Waals surface area contributed by atoms with Crippen LogP contribution in [0.25, 0.3) is 83.3 Å². The Morgan fingerprint density at radius 3 is 1.96 bits per heavy atom. The van der Waals surface area contributed by atoms with Crippen LogP contribution in [0.1, 0.15) is 37.9 Å². The summed E-state index contributed by atoms with van der Waals surface area (Å²) in [5.74, 6) is 0.412. The van der Waals surface area contributed by atoms with Gasteiger partial charge in [-0.3, -0.25) is 4.40 Å². The quantitative estimate of drug-likeness (QED) is 0.176. The first-order valence-corrected chi connectivity index (χ1v) is 16.8. The van der Waals surface area contributed by atoms with Gasteiger partial charge in [0.15, 0.2) is 0 Å². The minimum absolute atomic E-state index is 0.412.